The number of thiol groups is 1. The molecule has 0 bridgehead atoms. The van der Waals surface area contributed by atoms with Crippen LogP contribution in [0.15, 0.2) is 109 Å². The van der Waals surface area contributed by atoms with Crippen LogP contribution < -0.4 is 29.6 Å². The van der Waals surface area contributed by atoms with E-state index < -0.39 is 0 Å². The largest absolute Gasteiger partial charge is 1.00 e. The van der Waals surface area contributed by atoms with Crippen molar-refractivity contribution in [2.24, 2.45) is 5.22 Å². The average Bonchev–Trinajstić information content (AvgIpc) is 3.82. The zero-order valence-electron chi connectivity index (χ0n) is 34.0. The van der Waals surface area contributed by atoms with E-state index in [4.69, 9.17) is 19.6 Å². The fourth-order valence-corrected chi connectivity index (χ4v) is 7.26. The zero-order valence-corrected chi connectivity index (χ0v) is 37.7. The summed E-state index contributed by atoms with van der Waals surface area (Å²) in [5, 5.41) is 11.5. The minimum Gasteiger partial charge on any atom is -0.456 e. The SMILES string of the molecule is CCCCCc1ccc(-c2cc3ccc(S)cc3o2)c(CC)c1.CCCCCc1ccc(-c2cc3ccc(SC(=O)N(C)C)cc3o2)c(CC)c1.N=N[N-]O.[Na+]. The molecular weight excluding hydrogens is 748 g/mol. The summed E-state index contributed by atoms with van der Waals surface area (Å²) in [6, 6.07) is 29.8. The van der Waals surface area contributed by atoms with Crippen molar-refractivity contribution in [3.8, 4) is 22.6 Å². The molecule has 0 fully saturated rings. The fourth-order valence-electron chi connectivity index (χ4n) is 6.38. The van der Waals surface area contributed by atoms with Crippen LogP contribution in [0.3, 0.4) is 0 Å². The van der Waals surface area contributed by atoms with Crippen LogP contribution in [0, 0.1) is 5.53 Å². The van der Waals surface area contributed by atoms with Crippen molar-refractivity contribution in [3.05, 3.63) is 113 Å². The third-order valence-corrected chi connectivity index (χ3v) is 10.7. The van der Waals surface area contributed by atoms with Crippen molar-refractivity contribution in [1.82, 2.24) is 4.90 Å². The number of unbranched alkanes of at least 4 members (excludes halogenated alkanes) is 4. The second-order valence-corrected chi connectivity index (χ2v) is 15.2. The molecule has 1 amide bonds. The number of fused-ring (bicyclic) bond motifs is 2. The van der Waals surface area contributed by atoms with Gasteiger partial charge in [-0.1, -0.05) is 89.8 Å². The number of thioether (sulfide) groups is 1. The van der Waals surface area contributed by atoms with Crippen molar-refractivity contribution < 1.29 is 48.4 Å². The van der Waals surface area contributed by atoms with Crippen molar-refractivity contribution in [3.63, 3.8) is 0 Å². The quantitative estimate of drug-likeness (QED) is 0.0253. The Morgan fingerprint density at radius 3 is 1.66 bits per heavy atom. The second kappa shape index (κ2) is 24.3. The summed E-state index contributed by atoms with van der Waals surface area (Å²) in [4.78, 5) is 15.4. The Morgan fingerprint density at radius 1 is 0.732 bits per heavy atom. The number of aryl methyl sites for hydroxylation is 4. The molecule has 6 aromatic rings. The van der Waals surface area contributed by atoms with Crippen LogP contribution in [0.25, 0.3) is 50.2 Å². The van der Waals surface area contributed by atoms with Gasteiger partial charge in [-0.25, -0.2) is 0 Å². The molecule has 0 saturated carbocycles. The van der Waals surface area contributed by atoms with E-state index in [0.717, 1.165) is 68.1 Å². The maximum Gasteiger partial charge on any atom is 1.00 e. The summed E-state index contributed by atoms with van der Waals surface area (Å²) >= 11 is 5.61. The molecule has 0 aliphatic carbocycles. The molecule has 0 spiro atoms. The number of hydrogen-bond acceptors (Lipinski definition) is 8. The molecular formula is C45H55N4NaO4S2. The first-order valence-electron chi connectivity index (χ1n) is 19.2. The first-order valence-corrected chi connectivity index (χ1v) is 20.5. The van der Waals surface area contributed by atoms with E-state index in [1.807, 2.05) is 35.9 Å². The van der Waals surface area contributed by atoms with Crippen LogP contribution >= 0.6 is 24.4 Å². The smallest absolute Gasteiger partial charge is 0.456 e. The van der Waals surface area contributed by atoms with E-state index in [0.29, 0.717) is 0 Å². The Kier molecular flexibility index (Phi) is 20.3. The molecule has 2 heterocycles. The van der Waals surface area contributed by atoms with Gasteiger partial charge in [-0.2, -0.15) is 0 Å². The normalized spacial score (nSPS) is 10.6. The van der Waals surface area contributed by atoms with Gasteiger partial charge in [0.05, 0.1) is 0 Å². The molecule has 4 aromatic carbocycles. The van der Waals surface area contributed by atoms with E-state index in [1.54, 1.807) is 19.0 Å². The number of amides is 1. The Balaban J connectivity index is 0.000000274. The fraction of sp³-hybridized carbons (Fsp3) is 0.356. The molecule has 0 atom stereocenters. The molecule has 0 aliphatic rings. The van der Waals surface area contributed by atoms with Crippen molar-refractivity contribution >= 4 is 51.6 Å². The molecule has 0 saturated heterocycles. The minimum atomic E-state index is 0. The van der Waals surface area contributed by atoms with Gasteiger partial charge in [-0.15, -0.1) is 12.6 Å². The van der Waals surface area contributed by atoms with E-state index in [9.17, 15) is 4.79 Å². The van der Waals surface area contributed by atoms with Crippen LogP contribution in [0.2, 0.25) is 0 Å². The maximum absolute atomic E-state index is 11.9. The summed E-state index contributed by atoms with van der Waals surface area (Å²) in [5.74, 6) is 1.85. The number of benzene rings is 4. The first kappa shape index (κ1) is 46.9. The molecule has 292 valence electrons. The molecule has 56 heavy (non-hydrogen) atoms. The molecule has 8 nitrogen and oxygen atoms in total. The summed E-state index contributed by atoms with van der Waals surface area (Å²) in [6.45, 7) is 8.89. The van der Waals surface area contributed by atoms with Gasteiger partial charge in [0.2, 0.25) is 0 Å². The maximum atomic E-state index is 11.9. The van der Waals surface area contributed by atoms with Gasteiger partial charge < -0.3 is 24.5 Å². The molecule has 6 rings (SSSR count). The number of nitrogens with zero attached hydrogens (tertiary/aromatic N) is 3. The predicted octanol–water partition coefficient (Wildman–Crippen LogP) is 11.6. The van der Waals surface area contributed by atoms with Crippen molar-refractivity contribution in [2.75, 3.05) is 14.1 Å². The van der Waals surface area contributed by atoms with Gasteiger partial charge in [0, 0.05) is 45.8 Å². The number of carbonyl (C=O) groups is 1. The summed E-state index contributed by atoms with van der Waals surface area (Å²) in [7, 11) is 3.52. The van der Waals surface area contributed by atoms with Crippen LogP contribution in [0.5, 0.6) is 0 Å². The Morgan fingerprint density at radius 2 is 1.21 bits per heavy atom. The predicted molar refractivity (Wildman–Crippen MR) is 231 cm³/mol. The van der Waals surface area contributed by atoms with Gasteiger partial charge in [0.25, 0.3) is 5.24 Å². The zero-order chi connectivity index (χ0) is 39.7. The number of furan rings is 2. The summed E-state index contributed by atoms with van der Waals surface area (Å²) in [5.41, 5.74) is 17.3. The number of rotatable bonds is 14. The molecule has 2 aromatic heterocycles. The number of carbonyl (C=O) groups excluding carboxylic acids is 1. The monoisotopic (exact) mass is 802 g/mol. The van der Waals surface area contributed by atoms with Crippen LogP contribution in [0.4, 0.5) is 4.79 Å². The average molecular weight is 803 g/mol. The number of nitrogens with one attached hydrogen (secondary N) is 1. The Hall–Kier alpha value is -3.51. The van der Waals surface area contributed by atoms with Crippen LogP contribution in [-0.4, -0.2) is 29.4 Å². The third-order valence-electron chi connectivity index (χ3n) is 9.38. The number of hydrogen-bond donors (Lipinski definition) is 3. The summed E-state index contributed by atoms with van der Waals surface area (Å²) in [6.07, 6.45) is 11.9. The standard InChI is InChI=1S/C24H29NO2S.C21H24OS.H2N3O.Na/c1-5-7-8-9-17-10-13-21(18(6-2)14-17)23-15-19-11-12-20(16-22(19)27-23)28-24(26)25(3)4;1-3-5-6-7-15-8-11-19(16(4-2)12-15)21-13-17-9-10-18(23)14-20(17)22-21;1-2-3-4;/h10-16H,5-9H2,1-4H3;8-14,23H,3-7H2,1-2H3;(H2-,1,2,3,4);/q;;-1;+1. The van der Waals surface area contributed by atoms with Gasteiger partial charge in [-0.3, -0.25) is 15.6 Å². The molecule has 0 aliphatic heterocycles. The molecule has 0 radical (unpaired) electrons. The van der Waals surface area contributed by atoms with E-state index in [-0.39, 0.29) is 34.8 Å². The van der Waals surface area contributed by atoms with Gasteiger partial charge in [-0.05, 0) is 121 Å². The Labute approximate surface area is 364 Å². The van der Waals surface area contributed by atoms with Crippen LogP contribution in [0.1, 0.15) is 88.5 Å². The first-order chi connectivity index (χ1) is 26.6. The molecule has 0 unspecified atom stereocenters. The topological polar surface area (TPSA) is 117 Å². The van der Waals surface area contributed by atoms with E-state index >= 15 is 0 Å². The van der Waals surface area contributed by atoms with Crippen molar-refractivity contribution in [2.45, 2.75) is 102 Å². The van der Waals surface area contributed by atoms with Crippen LogP contribution in [-0.2, 0) is 25.7 Å². The van der Waals surface area contributed by atoms with E-state index in [1.165, 1.54) is 84.5 Å². The van der Waals surface area contributed by atoms with Gasteiger partial charge in [0.15, 0.2) is 0 Å². The Bertz CT molecular complexity index is 2150. The third kappa shape index (κ3) is 13.6. The minimum absolute atomic E-state index is 0. The van der Waals surface area contributed by atoms with E-state index in [2.05, 4.69) is 100 Å². The molecule has 11 heteroatoms. The van der Waals surface area contributed by atoms with Crippen molar-refractivity contribution in [1.29, 1.82) is 5.53 Å². The van der Waals surface area contributed by atoms with Gasteiger partial charge in [0.1, 0.15) is 22.7 Å². The summed E-state index contributed by atoms with van der Waals surface area (Å²) < 4.78 is 12.2. The van der Waals surface area contributed by atoms with Gasteiger partial charge >= 0.3 is 29.6 Å². The second-order valence-electron chi connectivity index (χ2n) is 13.7. The molecule has 2 N–H and O–H groups in total.